The summed E-state index contributed by atoms with van der Waals surface area (Å²) in [7, 11) is -0.519. The van der Waals surface area contributed by atoms with Crippen LogP contribution >= 0.6 is 0 Å². The Balaban J connectivity index is 1.73. The second kappa shape index (κ2) is 9.01. The van der Waals surface area contributed by atoms with Crippen LogP contribution in [0, 0.1) is 0 Å². The predicted molar refractivity (Wildman–Crippen MR) is 118 cm³/mol. The van der Waals surface area contributed by atoms with Crippen LogP contribution in [0.4, 0.5) is 5.95 Å². The molecule has 0 spiro atoms. The molecule has 2 saturated heterocycles. The van der Waals surface area contributed by atoms with Gasteiger partial charge in [-0.3, -0.25) is 4.79 Å². The number of carbonyl (C=O) groups excluding carboxylic acids is 1. The fourth-order valence-electron chi connectivity index (χ4n) is 3.92. The molecule has 0 radical (unpaired) electrons. The van der Waals surface area contributed by atoms with Crippen molar-refractivity contribution in [2.45, 2.75) is 83.8 Å². The highest BCUT2D eigenvalue weighted by Crippen LogP contribution is 2.36. The zero-order valence-corrected chi connectivity index (χ0v) is 19.4. The minimum absolute atomic E-state index is 0.0672. The van der Waals surface area contributed by atoms with Crippen molar-refractivity contribution in [3.05, 3.63) is 12.4 Å². The highest BCUT2D eigenvalue weighted by Gasteiger charge is 2.52. The highest BCUT2D eigenvalue weighted by molar-refractivity contribution is 6.61. The molecule has 0 unspecified atom stereocenters. The molecule has 3 rings (SSSR count). The van der Waals surface area contributed by atoms with E-state index in [4.69, 9.17) is 14.4 Å². The van der Waals surface area contributed by atoms with E-state index in [1.54, 1.807) is 17.3 Å². The van der Waals surface area contributed by atoms with Gasteiger partial charge >= 0.3 is 7.12 Å². The Kier molecular flexibility index (Phi) is 6.95. The second-order valence-electron chi connectivity index (χ2n) is 9.68. The van der Waals surface area contributed by atoms with Gasteiger partial charge in [0, 0.05) is 43.0 Å². The lowest BCUT2D eigenvalue weighted by molar-refractivity contribution is -0.142. The van der Waals surface area contributed by atoms with Crippen LogP contribution in [0.1, 0.15) is 54.4 Å². The minimum atomic E-state index is -1.37. The van der Waals surface area contributed by atoms with Crippen molar-refractivity contribution in [1.82, 2.24) is 14.9 Å². The Morgan fingerprint density at radius 2 is 1.84 bits per heavy atom. The Bertz CT molecular complexity index is 758. The number of hydrogen-bond acceptors (Lipinski definition) is 8. The minimum Gasteiger partial charge on any atom is -0.399 e. The molecule has 1 amide bonds. The van der Waals surface area contributed by atoms with E-state index < -0.39 is 36.9 Å². The molecule has 10 heteroatoms. The summed E-state index contributed by atoms with van der Waals surface area (Å²) in [4.78, 5) is 25.3. The standard InChI is InChI=1S/C21H35BN4O5/c1-14(2)26(12-16-8-7-9-25(16)18(29)17(28)13-27)19-23-10-15(11-24-19)22-30-20(3,4)21(5,6)31-22/h10-11,14,16-17,27-28H,7-9,12-13H2,1-6H3/t16-,17-/m0/s1. The molecule has 0 aliphatic carbocycles. The van der Waals surface area contributed by atoms with Crippen molar-refractivity contribution in [3.63, 3.8) is 0 Å². The number of aliphatic hydroxyl groups is 2. The van der Waals surface area contributed by atoms with Gasteiger partial charge in [0.05, 0.1) is 17.8 Å². The van der Waals surface area contributed by atoms with E-state index in [1.165, 1.54) is 0 Å². The zero-order chi connectivity index (χ0) is 23.0. The molecule has 2 aliphatic rings. The number of hydrogen-bond donors (Lipinski definition) is 2. The maximum atomic E-state index is 12.4. The number of aliphatic hydroxyl groups excluding tert-OH is 2. The molecule has 31 heavy (non-hydrogen) atoms. The average molecular weight is 434 g/mol. The normalized spacial score (nSPS) is 23.5. The molecule has 0 saturated carbocycles. The molecule has 0 aromatic carbocycles. The Morgan fingerprint density at radius 1 is 1.26 bits per heavy atom. The first-order chi connectivity index (χ1) is 14.5. The summed E-state index contributed by atoms with van der Waals surface area (Å²) < 4.78 is 12.1. The van der Waals surface area contributed by atoms with Gasteiger partial charge in [0.25, 0.3) is 5.91 Å². The van der Waals surface area contributed by atoms with Crippen molar-refractivity contribution in [2.24, 2.45) is 0 Å². The lowest BCUT2D eigenvalue weighted by atomic mass is 9.81. The Labute approximate surface area is 184 Å². The molecular weight excluding hydrogens is 399 g/mol. The van der Waals surface area contributed by atoms with E-state index >= 15 is 0 Å². The van der Waals surface area contributed by atoms with Crippen LogP contribution in [-0.4, -0.2) is 87.2 Å². The summed E-state index contributed by atoms with van der Waals surface area (Å²) in [5, 5.41) is 18.9. The lowest BCUT2D eigenvalue weighted by Crippen LogP contribution is -2.49. The van der Waals surface area contributed by atoms with Crippen molar-refractivity contribution >= 4 is 24.4 Å². The third-order valence-electron chi connectivity index (χ3n) is 6.59. The third kappa shape index (κ3) is 4.87. The molecule has 2 atom stereocenters. The first kappa shape index (κ1) is 23.9. The molecule has 1 aromatic rings. The van der Waals surface area contributed by atoms with Crippen molar-refractivity contribution in [3.8, 4) is 0 Å². The largest absolute Gasteiger partial charge is 0.498 e. The number of carbonyl (C=O) groups is 1. The van der Waals surface area contributed by atoms with Gasteiger partial charge in [0.2, 0.25) is 5.95 Å². The van der Waals surface area contributed by atoms with Crippen LogP contribution in [0.2, 0.25) is 0 Å². The van der Waals surface area contributed by atoms with E-state index in [0.29, 0.717) is 19.0 Å². The van der Waals surface area contributed by atoms with Gasteiger partial charge in [-0.2, -0.15) is 0 Å². The fraction of sp³-hybridized carbons (Fsp3) is 0.762. The highest BCUT2D eigenvalue weighted by atomic mass is 16.7. The molecule has 3 heterocycles. The van der Waals surface area contributed by atoms with Gasteiger partial charge in [-0.05, 0) is 54.4 Å². The van der Waals surface area contributed by atoms with Crippen LogP contribution in [0.5, 0.6) is 0 Å². The summed E-state index contributed by atoms with van der Waals surface area (Å²) in [6.45, 7) is 12.7. The summed E-state index contributed by atoms with van der Waals surface area (Å²) in [6.07, 6.45) is 3.78. The van der Waals surface area contributed by atoms with Crippen molar-refractivity contribution in [1.29, 1.82) is 0 Å². The molecule has 1 aromatic heterocycles. The number of nitrogens with zero attached hydrogens (tertiary/aromatic N) is 4. The quantitative estimate of drug-likeness (QED) is 0.592. The molecule has 0 bridgehead atoms. The number of anilines is 1. The number of amides is 1. The fourth-order valence-corrected chi connectivity index (χ4v) is 3.92. The lowest BCUT2D eigenvalue weighted by Gasteiger charge is -2.34. The van der Waals surface area contributed by atoms with E-state index in [-0.39, 0.29) is 12.1 Å². The monoisotopic (exact) mass is 434 g/mol. The first-order valence-corrected chi connectivity index (χ1v) is 11.0. The molecule has 172 valence electrons. The first-order valence-electron chi connectivity index (χ1n) is 11.0. The Hall–Kier alpha value is -1.75. The number of likely N-dealkylation sites (tertiary alicyclic amines) is 1. The maximum Gasteiger partial charge on any atom is 0.498 e. The van der Waals surface area contributed by atoms with E-state index in [1.807, 2.05) is 27.7 Å². The van der Waals surface area contributed by atoms with E-state index in [2.05, 4.69) is 28.7 Å². The van der Waals surface area contributed by atoms with Crippen LogP contribution in [0.15, 0.2) is 12.4 Å². The average Bonchev–Trinajstić information content (AvgIpc) is 3.26. The van der Waals surface area contributed by atoms with Gasteiger partial charge in [0.15, 0.2) is 6.10 Å². The van der Waals surface area contributed by atoms with E-state index in [9.17, 15) is 9.90 Å². The topological polar surface area (TPSA) is 108 Å². The molecular formula is C21H35BN4O5. The van der Waals surface area contributed by atoms with Gasteiger partial charge in [-0.1, -0.05) is 0 Å². The SMILES string of the molecule is CC(C)N(C[C@@H]1CCCN1C(=O)[C@@H](O)CO)c1ncc(B2OC(C)(C)C(C)(C)O2)cn1. The third-order valence-corrected chi connectivity index (χ3v) is 6.59. The van der Waals surface area contributed by atoms with Crippen molar-refractivity contribution in [2.75, 3.05) is 24.6 Å². The number of aromatic nitrogens is 2. The maximum absolute atomic E-state index is 12.4. The van der Waals surface area contributed by atoms with Gasteiger partial charge in [0.1, 0.15) is 0 Å². The summed E-state index contributed by atoms with van der Waals surface area (Å²) in [6, 6.07) is 0.0467. The summed E-state index contributed by atoms with van der Waals surface area (Å²) in [5.74, 6) is 0.142. The molecule has 9 nitrogen and oxygen atoms in total. The van der Waals surface area contributed by atoms with Crippen LogP contribution in [-0.2, 0) is 14.1 Å². The predicted octanol–water partition coefficient (Wildman–Crippen LogP) is 0.335. The van der Waals surface area contributed by atoms with Crippen molar-refractivity contribution < 1.29 is 24.3 Å². The van der Waals surface area contributed by atoms with Crippen LogP contribution in [0.25, 0.3) is 0 Å². The number of rotatable bonds is 7. The summed E-state index contributed by atoms with van der Waals surface area (Å²) >= 11 is 0. The zero-order valence-electron chi connectivity index (χ0n) is 19.4. The van der Waals surface area contributed by atoms with Gasteiger partial charge < -0.3 is 29.3 Å². The molecule has 2 N–H and O–H groups in total. The van der Waals surface area contributed by atoms with Crippen LogP contribution < -0.4 is 10.4 Å². The van der Waals surface area contributed by atoms with Gasteiger partial charge in [-0.15, -0.1) is 0 Å². The smallest absolute Gasteiger partial charge is 0.399 e. The van der Waals surface area contributed by atoms with E-state index in [0.717, 1.165) is 18.3 Å². The van der Waals surface area contributed by atoms with Gasteiger partial charge in [-0.25, -0.2) is 9.97 Å². The van der Waals surface area contributed by atoms with Crippen LogP contribution in [0.3, 0.4) is 0 Å². The molecule has 2 aliphatic heterocycles. The summed E-state index contributed by atoms with van der Waals surface area (Å²) in [5.41, 5.74) is -0.106. The second-order valence-corrected chi connectivity index (χ2v) is 9.68. The Morgan fingerprint density at radius 3 is 2.35 bits per heavy atom. The molecule has 2 fully saturated rings.